The normalized spacial score (nSPS) is 14.6. The molecule has 6 heteroatoms. The Kier molecular flexibility index (Phi) is 11.6. The minimum absolute atomic E-state index is 0.189. The van der Waals surface area contributed by atoms with Crippen LogP contribution in [0.4, 0.5) is 0 Å². The maximum absolute atomic E-state index is 6.90. The fourth-order valence-electron chi connectivity index (χ4n) is 4.81. The Morgan fingerprint density at radius 1 is 0.618 bits per heavy atom. The molecule has 0 aromatic heterocycles. The number of benzene rings is 2. The van der Waals surface area contributed by atoms with Gasteiger partial charge in [0.1, 0.15) is 0 Å². The standard InChI is InChI=1S/C28H44N3.Ag.2ClH/c1-17(2)21-11-9-12-22(18(3)4)27(21)25(29)15-31-16-26(30)28-23(19(5)6)13-10-14-24(28)20(7)8;;;/h9-14,17-20,25-26H,15-16,29-30H2,1-8H3;;2*1H/q-1;+3;;/p-2. The summed E-state index contributed by atoms with van der Waals surface area (Å²) >= 11 is -1.81. The van der Waals surface area contributed by atoms with Gasteiger partial charge in [-0.2, -0.15) is 0 Å². The van der Waals surface area contributed by atoms with Crippen molar-refractivity contribution in [2.45, 2.75) is 91.1 Å². The van der Waals surface area contributed by atoms with Gasteiger partial charge in [0.15, 0.2) is 0 Å². The third kappa shape index (κ3) is 7.33. The molecule has 0 aliphatic rings. The second-order valence-electron chi connectivity index (χ2n) is 10.5. The van der Waals surface area contributed by atoms with Crippen molar-refractivity contribution in [3.8, 4) is 0 Å². The quantitative estimate of drug-likeness (QED) is 0.257. The molecular formula is C28H44AgCl2N3. The summed E-state index contributed by atoms with van der Waals surface area (Å²) in [4.78, 5) is 0. The van der Waals surface area contributed by atoms with Gasteiger partial charge in [0.25, 0.3) is 0 Å². The van der Waals surface area contributed by atoms with Crippen LogP contribution in [0.5, 0.6) is 0 Å². The van der Waals surface area contributed by atoms with Crippen molar-refractivity contribution in [2.24, 2.45) is 11.5 Å². The minimum atomic E-state index is -1.81. The number of rotatable bonds is 11. The SMILES string of the molecule is CC(C)c1cccc(C(C)C)c1C(N)C[N](CC(N)c1c(C(C)C)cccc1C(C)C)[Ag]([Cl])[Cl]. The Bertz CT molecular complexity index is 804. The third-order valence-corrected chi connectivity index (χ3v) is 9.44. The monoisotopic (exact) mass is 599 g/mol. The first-order valence-corrected chi connectivity index (χ1v) is 16.8. The molecule has 3 nitrogen and oxygen atoms in total. The molecular weight excluding hydrogens is 557 g/mol. The Labute approximate surface area is 222 Å². The maximum atomic E-state index is 6.90. The van der Waals surface area contributed by atoms with E-state index in [1.54, 1.807) is 0 Å². The van der Waals surface area contributed by atoms with Gasteiger partial charge in [-0.3, -0.25) is 0 Å². The van der Waals surface area contributed by atoms with Crippen LogP contribution in [0, 0.1) is 0 Å². The van der Waals surface area contributed by atoms with Crippen molar-refractivity contribution in [3.63, 3.8) is 0 Å². The van der Waals surface area contributed by atoms with Crippen molar-refractivity contribution in [1.82, 2.24) is 3.30 Å². The molecule has 0 amide bonds. The van der Waals surface area contributed by atoms with Crippen LogP contribution in [-0.4, -0.2) is 16.4 Å². The van der Waals surface area contributed by atoms with E-state index in [1.807, 2.05) is 0 Å². The molecule has 4 N–H and O–H groups in total. The fourth-order valence-corrected chi connectivity index (χ4v) is 6.79. The van der Waals surface area contributed by atoms with Crippen molar-refractivity contribution in [1.29, 1.82) is 0 Å². The summed E-state index contributed by atoms with van der Waals surface area (Å²) in [6, 6.07) is 12.7. The molecule has 0 fully saturated rings. The zero-order chi connectivity index (χ0) is 25.7. The first kappa shape index (κ1) is 29.9. The van der Waals surface area contributed by atoms with Crippen LogP contribution in [-0.2, 0) is 16.5 Å². The summed E-state index contributed by atoms with van der Waals surface area (Å²) in [6.07, 6.45) is 0. The van der Waals surface area contributed by atoms with E-state index >= 15 is 0 Å². The molecule has 0 bridgehead atoms. The van der Waals surface area contributed by atoms with E-state index in [2.05, 4.69) is 95.1 Å². The van der Waals surface area contributed by atoms with Crippen molar-refractivity contribution >= 4 is 18.4 Å². The van der Waals surface area contributed by atoms with Gasteiger partial charge >= 0.3 is 224 Å². The van der Waals surface area contributed by atoms with Gasteiger partial charge in [-0.05, 0) is 0 Å². The molecule has 2 aromatic rings. The van der Waals surface area contributed by atoms with E-state index in [9.17, 15) is 0 Å². The molecule has 0 aliphatic carbocycles. The summed E-state index contributed by atoms with van der Waals surface area (Å²) in [5, 5.41) is 0. The van der Waals surface area contributed by atoms with E-state index in [0.29, 0.717) is 36.8 Å². The van der Waals surface area contributed by atoms with Gasteiger partial charge in [0.05, 0.1) is 0 Å². The molecule has 0 heterocycles. The predicted molar refractivity (Wildman–Crippen MR) is 146 cm³/mol. The van der Waals surface area contributed by atoms with E-state index < -0.39 is 16.5 Å². The zero-order valence-electron chi connectivity index (χ0n) is 22.0. The zero-order valence-corrected chi connectivity index (χ0v) is 25.0. The Hall–Kier alpha value is -0.360. The van der Waals surface area contributed by atoms with Crippen LogP contribution in [0.25, 0.3) is 0 Å². The molecule has 0 spiro atoms. The summed E-state index contributed by atoms with van der Waals surface area (Å²) in [5.41, 5.74) is 21.5. The van der Waals surface area contributed by atoms with Crippen molar-refractivity contribution in [2.75, 3.05) is 13.1 Å². The molecule has 2 unspecified atom stereocenters. The summed E-state index contributed by atoms with van der Waals surface area (Å²) in [7, 11) is 13.2. The van der Waals surface area contributed by atoms with Crippen LogP contribution < -0.4 is 11.5 Å². The topological polar surface area (TPSA) is 55.3 Å². The van der Waals surface area contributed by atoms with Crippen LogP contribution in [0.15, 0.2) is 36.4 Å². The van der Waals surface area contributed by atoms with Crippen LogP contribution in [0.1, 0.15) is 125 Å². The van der Waals surface area contributed by atoms with E-state index in [-0.39, 0.29) is 12.1 Å². The Morgan fingerprint density at radius 3 is 1.09 bits per heavy atom. The molecule has 0 saturated heterocycles. The van der Waals surface area contributed by atoms with Gasteiger partial charge in [-0.15, -0.1) is 0 Å². The van der Waals surface area contributed by atoms with Crippen molar-refractivity contribution in [3.05, 3.63) is 69.8 Å². The number of nitrogens with zero attached hydrogens (tertiary/aromatic N) is 1. The molecule has 0 radical (unpaired) electrons. The van der Waals surface area contributed by atoms with Crippen LogP contribution in [0.2, 0.25) is 0 Å². The fraction of sp³-hybridized carbons (Fsp3) is 0.571. The average molecular weight is 601 g/mol. The summed E-state index contributed by atoms with van der Waals surface area (Å²) < 4.78 is 2.12. The number of hydrogen-bond donors (Lipinski definition) is 2. The van der Waals surface area contributed by atoms with E-state index in [4.69, 9.17) is 29.8 Å². The first-order valence-electron chi connectivity index (χ1n) is 12.3. The van der Waals surface area contributed by atoms with Crippen LogP contribution >= 0.6 is 18.4 Å². The summed E-state index contributed by atoms with van der Waals surface area (Å²) in [5.74, 6) is 1.55. The van der Waals surface area contributed by atoms with Gasteiger partial charge in [-0.1, -0.05) is 0 Å². The van der Waals surface area contributed by atoms with Gasteiger partial charge in [-0.25, -0.2) is 0 Å². The van der Waals surface area contributed by atoms with Gasteiger partial charge < -0.3 is 0 Å². The van der Waals surface area contributed by atoms with Crippen LogP contribution in [0.3, 0.4) is 0 Å². The number of halogens is 2. The molecule has 2 atom stereocenters. The molecule has 2 rings (SSSR count). The van der Waals surface area contributed by atoms with E-state index in [0.717, 1.165) is 0 Å². The second-order valence-corrected chi connectivity index (χ2v) is 15.4. The predicted octanol–water partition coefficient (Wildman–Crippen LogP) is 8.02. The molecule has 196 valence electrons. The summed E-state index contributed by atoms with van der Waals surface area (Å²) in [6.45, 7) is 18.9. The Morgan fingerprint density at radius 2 is 0.882 bits per heavy atom. The first-order chi connectivity index (χ1) is 15.9. The van der Waals surface area contributed by atoms with Crippen molar-refractivity contribution < 1.29 is 16.5 Å². The van der Waals surface area contributed by atoms with Gasteiger partial charge in [0.2, 0.25) is 0 Å². The number of hydrogen-bond acceptors (Lipinski definition) is 3. The van der Waals surface area contributed by atoms with Gasteiger partial charge in [0, 0.05) is 0 Å². The molecule has 0 aliphatic heterocycles. The average Bonchev–Trinajstić information content (AvgIpc) is 2.76. The second kappa shape index (κ2) is 13.3. The molecule has 0 saturated carbocycles. The number of nitrogens with two attached hydrogens (primary N) is 2. The van der Waals surface area contributed by atoms with E-state index in [1.165, 1.54) is 33.4 Å². The molecule has 2 aromatic carbocycles. The Balaban J connectivity index is 2.41. The molecule has 34 heavy (non-hydrogen) atoms. The third-order valence-electron chi connectivity index (χ3n) is 6.48.